The number of unbranched alkanes of at least 4 members (excludes halogenated alkanes) is 2. The van der Waals surface area contributed by atoms with Gasteiger partial charge in [-0.1, -0.05) is 0 Å². The molecule has 1 rings (SSSR count). The first kappa shape index (κ1) is 15.8. The minimum absolute atomic E-state index is 0.0639. The minimum Gasteiger partial charge on any atom is -0.449 e. The molecule has 0 spiro atoms. The van der Waals surface area contributed by atoms with Crippen LogP contribution in [-0.4, -0.2) is 56.7 Å². The van der Waals surface area contributed by atoms with Gasteiger partial charge in [-0.15, -0.1) is 0 Å². The Hall–Kier alpha value is -1.30. The van der Waals surface area contributed by atoms with Gasteiger partial charge in [0.15, 0.2) is 0 Å². The highest BCUT2D eigenvalue weighted by Crippen LogP contribution is 2.03. The van der Waals surface area contributed by atoms with E-state index >= 15 is 0 Å². The summed E-state index contributed by atoms with van der Waals surface area (Å²) in [5.41, 5.74) is 0. The van der Waals surface area contributed by atoms with Crippen molar-refractivity contribution in [3.63, 3.8) is 0 Å². The zero-order chi connectivity index (χ0) is 13.9. The molecular weight excluding hydrogens is 246 g/mol. The summed E-state index contributed by atoms with van der Waals surface area (Å²) in [6.07, 6.45) is 3.86. The number of nitrogens with one attached hydrogen (secondary N) is 2. The van der Waals surface area contributed by atoms with Crippen LogP contribution in [0.4, 0.5) is 4.79 Å². The van der Waals surface area contributed by atoms with Crippen LogP contribution in [0.1, 0.15) is 32.1 Å². The normalized spacial score (nSPS) is 15.7. The quantitative estimate of drug-likeness (QED) is 0.699. The molecule has 0 aromatic rings. The third-order valence-electron chi connectivity index (χ3n) is 3.15. The second-order valence-electron chi connectivity index (χ2n) is 4.69. The fourth-order valence-corrected chi connectivity index (χ4v) is 1.97. The summed E-state index contributed by atoms with van der Waals surface area (Å²) >= 11 is 0. The lowest BCUT2D eigenvalue weighted by atomic mass is 10.2. The van der Waals surface area contributed by atoms with E-state index in [1.165, 1.54) is 0 Å². The second kappa shape index (κ2) is 9.61. The van der Waals surface area contributed by atoms with Gasteiger partial charge >= 0.3 is 6.09 Å². The molecule has 2 amide bonds. The summed E-state index contributed by atoms with van der Waals surface area (Å²) < 4.78 is 5.23. The molecule has 0 atom stereocenters. The van der Waals surface area contributed by atoms with E-state index < -0.39 is 0 Å². The Morgan fingerprint density at radius 3 is 2.84 bits per heavy atom. The third-order valence-corrected chi connectivity index (χ3v) is 3.15. The first-order valence-electron chi connectivity index (χ1n) is 7.07. The third kappa shape index (κ3) is 7.00. The number of hydrogen-bond acceptors (Lipinski definition) is 4. The van der Waals surface area contributed by atoms with Gasteiger partial charge < -0.3 is 20.3 Å². The summed E-state index contributed by atoms with van der Waals surface area (Å²) in [7, 11) is 1.64. The lowest BCUT2D eigenvalue weighted by Crippen LogP contribution is -2.34. The summed E-state index contributed by atoms with van der Waals surface area (Å²) in [5.74, 6) is 0.0639. The summed E-state index contributed by atoms with van der Waals surface area (Å²) in [6.45, 7) is 3.72. The number of ether oxygens (including phenoxy) is 1. The van der Waals surface area contributed by atoms with E-state index in [1.54, 1.807) is 11.9 Å². The predicted molar refractivity (Wildman–Crippen MR) is 72.9 cm³/mol. The van der Waals surface area contributed by atoms with E-state index in [9.17, 15) is 9.59 Å². The van der Waals surface area contributed by atoms with Gasteiger partial charge in [0.25, 0.3) is 0 Å². The molecule has 1 saturated heterocycles. The maximum atomic E-state index is 11.7. The molecule has 6 nitrogen and oxygen atoms in total. The molecule has 0 unspecified atom stereocenters. The van der Waals surface area contributed by atoms with Crippen LogP contribution in [0.2, 0.25) is 0 Å². The molecule has 0 aliphatic carbocycles. The molecule has 0 saturated carbocycles. The Balaban J connectivity index is 2.01. The Bertz CT molecular complexity index is 276. The van der Waals surface area contributed by atoms with Gasteiger partial charge in [-0.05, 0) is 32.2 Å². The predicted octanol–water partition coefficient (Wildman–Crippen LogP) is 0.725. The highest BCUT2D eigenvalue weighted by molar-refractivity contribution is 5.75. The van der Waals surface area contributed by atoms with Gasteiger partial charge in [0, 0.05) is 33.1 Å². The maximum Gasteiger partial charge on any atom is 0.409 e. The van der Waals surface area contributed by atoms with Gasteiger partial charge in [0.2, 0.25) is 5.91 Å². The molecule has 0 bridgehead atoms. The molecular formula is C13H25N3O3. The summed E-state index contributed by atoms with van der Waals surface area (Å²) in [5, 5.41) is 5.83. The van der Waals surface area contributed by atoms with Gasteiger partial charge in [0.1, 0.15) is 0 Å². The van der Waals surface area contributed by atoms with E-state index in [4.69, 9.17) is 4.74 Å². The van der Waals surface area contributed by atoms with Crippen molar-refractivity contribution in [3.05, 3.63) is 0 Å². The number of carbonyl (C=O) groups excluding carboxylic acids is 2. The monoisotopic (exact) mass is 271 g/mol. The van der Waals surface area contributed by atoms with Crippen molar-refractivity contribution in [2.45, 2.75) is 32.1 Å². The molecule has 0 radical (unpaired) electrons. The lowest BCUT2D eigenvalue weighted by Gasteiger charge is -2.19. The molecule has 1 aliphatic heterocycles. The van der Waals surface area contributed by atoms with Gasteiger partial charge in [-0.2, -0.15) is 0 Å². The number of rotatable bonds is 6. The van der Waals surface area contributed by atoms with Crippen molar-refractivity contribution in [2.75, 3.05) is 39.8 Å². The molecule has 110 valence electrons. The van der Waals surface area contributed by atoms with Crippen molar-refractivity contribution in [1.29, 1.82) is 0 Å². The van der Waals surface area contributed by atoms with Crippen molar-refractivity contribution >= 4 is 12.0 Å². The SMILES string of the molecule is CNC(=O)CCCCCOC(=O)N1CCCNCC1. The highest BCUT2D eigenvalue weighted by atomic mass is 16.6. The van der Waals surface area contributed by atoms with Gasteiger partial charge in [0.05, 0.1) is 6.61 Å². The number of carbonyl (C=O) groups is 2. The van der Waals surface area contributed by atoms with Crippen LogP contribution in [0, 0.1) is 0 Å². The number of hydrogen-bond donors (Lipinski definition) is 2. The van der Waals surface area contributed by atoms with Crippen LogP contribution in [0.15, 0.2) is 0 Å². The zero-order valence-electron chi connectivity index (χ0n) is 11.7. The van der Waals surface area contributed by atoms with E-state index in [-0.39, 0.29) is 12.0 Å². The Morgan fingerprint density at radius 2 is 2.05 bits per heavy atom. The summed E-state index contributed by atoms with van der Waals surface area (Å²) in [4.78, 5) is 24.5. The molecule has 6 heteroatoms. The smallest absolute Gasteiger partial charge is 0.409 e. The standard InChI is InChI=1S/C13H25N3O3/c1-14-12(17)6-3-2-4-11-19-13(18)16-9-5-7-15-8-10-16/h15H,2-11H2,1H3,(H,14,17). The highest BCUT2D eigenvalue weighted by Gasteiger charge is 2.15. The lowest BCUT2D eigenvalue weighted by molar-refractivity contribution is -0.120. The van der Waals surface area contributed by atoms with Crippen molar-refractivity contribution in [2.24, 2.45) is 0 Å². The molecule has 19 heavy (non-hydrogen) atoms. The van der Waals surface area contributed by atoms with E-state index in [0.717, 1.165) is 51.9 Å². The van der Waals surface area contributed by atoms with Crippen molar-refractivity contribution in [3.8, 4) is 0 Å². The average Bonchev–Trinajstić information content (AvgIpc) is 2.71. The first-order valence-corrected chi connectivity index (χ1v) is 7.07. The molecule has 1 heterocycles. The van der Waals surface area contributed by atoms with Crippen LogP contribution in [-0.2, 0) is 9.53 Å². The Kier molecular flexibility index (Phi) is 7.97. The van der Waals surface area contributed by atoms with Crippen LogP contribution >= 0.6 is 0 Å². The van der Waals surface area contributed by atoms with Crippen LogP contribution in [0.3, 0.4) is 0 Å². The Morgan fingerprint density at radius 1 is 1.21 bits per heavy atom. The van der Waals surface area contributed by atoms with Crippen molar-refractivity contribution in [1.82, 2.24) is 15.5 Å². The number of amides is 2. The molecule has 0 aromatic heterocycles. The van der Waals surface area contributed by atoms with E-state index in [2.05, 4.69) is 10.6 Å². The molecule has 1 aliphatic rings. The van der Waals surface area contributed by atoms with Gasteiger partial charge in [-0.25, -0.2) is 4.79 Å². The fraction of sp³-hybridized carbons (Fsp3) is 0.846. The summed E-state index contributed by atoms with van der Waals surface area (Å²) in [6, 6.07) is 0. The fourth-order valence-electron chi connectivity index (χ4n) is 1.97. The van der Waals surface area contributed by atoms with E-state index in [0.29, 0.717) is 13.0 Å². The average molecular weight is 271 g/mol. The van der Waals surface area contributed by atoms with Gasteiger partial charge in [-0.3, -0.25) is 4.79 Å². The van der Waals surface area contributed by atoms with Crippen LogP contribution in [0.5, 0.6) is 0 Å². The topological polar surface area (TPSA) is 70.7 Å². The second-order valence-corrected chi connectivity index (χ2v) is 4.69. The van der Waals surface area contributed by atoms with Crippen LogP contribution in [0.25, 0.3) is 0 Å². The maximum absolute atomic E-state index is 11.7. The van der Waals surface area contributed by atoms with Crippen LogP contribution < -0.4 is 10.6 Å². The largest absolute Gasteiger partial charge is 0.449 e. The Labute approximate surface area is 114 Å². The molecule has 0 aromatic carbocycles. The van der Waals surface area contributed by atoms with E-state index in [1.807, 2.05) is 0 Å². The zero-order valence-corrected chi connectivity index (χ0v) is 11.7. The number of nitrogens with zero attached hydrogens (tertiary/aromatic N) is 1. The minimum atomic E-state index is -0.213. The molecule has 2 N–H and O–H groups in total. The molecule has 1 fully saturated rings. The first-order chi connectivity index (χ1) is 9.24. The van der Waals surface area contributed by atoms with Crippen molar-refractivity contribution < 1.29 is 14.3 Å².